The van der Waals surface area contributed by atoms with E-state index in [1.54, 1.807) is 6.33 Å². The van der Waals surface area contributed by atoms with Gasteiger partial charge in [-0.15, -0.1) is 0 Å². The number of nitrogens with zero attached hydrogens (tertiary/aromatic N) is 4. The minimum atomic E-state index is -3.69. The molecule has 1 saturated carbocycles. The van der Waals surface area contributed by atoms with Crippen LogP contribution < -0.4 is 5.73 Å². The first-order valence-electron chi connectivity index (χ1n) is 13.6. The third-order valence-corrected chi connectivity index (χ3v) is 11.1. The highest BCUT2D eigenvalue weighted by Crippen LogP contribution is 2.63. The molecule has 2 N–H and O–H groups in total. The Bertz CT molecular complexity index is 1310. The number of hydrogen-bond donors (Lipinski definition) is 1. The summed E-state index contributed by atoms with van der Waals surface area (Å²) in [6, 6.07) is -0.0485. The Morgan fingerprint density at radius 2 is 1.59 bits per heavy atom. The molecule has 0 unspecified atom stereocenters. The fraction of sp³-hybridized carbons (Fsp3) is 0.667. The summed E-state index contributed by atoms with van der Waals surface area (Å²) in [4.78, 5) is 37.4. The van der Waals surface area contributed by atoms with Gasteiger partial charge in [0.05, 0.1) is 31.7 Å². The van der Waals surface area contributed by atoms with Crippen LogP contribution in [0.5, 0.6) is 0 Å². The SMILES string of the molecule is CC(C)(C)C(=O)SCCOP(=O)(CO[C@@H]1C=C[C@H](n2cnc3c(N)ncnc32)C12CC2)OCCSC(=O)C(C)(C)C. The molecule has 1 fully saturated rings. The van der Waals surface area contributed by atoms with Crippen LogP contribution in [0, 0.1) is 16.2 Å². The van der Waals surface area contributed by atoms with Crippen LogP contribution in [0.25, 0.3) is 11.2 Å². The van der Waals surface area contributed by atoms with Gasteiger partial charge in [0.25, 0.3) is 0 Å². The summed E-state index contributed by atoms with van der Waals surface area (Å²) in [6.45, 7) is 11.3. The molecule has 0 aliphatic heterocycles. The number of carbonyl (C=O) groups is 2. The Hall–Kier alpha value is -1.76. The van der Waals surface area contributed by atoms with E-state index in [4.69, 9.17) is 19.5 Å². The molecular weight excluding hydrogens is 585 g/mol. The first-order chi connectivity index (χ1) is 19.2. The summed E-state index contributed by atoms with van der Waals surface area (Å²) in [5.74, 6) is 1.01. The number of ether oxygens (including phenoxy) is 1. The molecule has 4 rings (SSSR count). The van der Waals surface area contributed by atoms with Gasteiger partial charge in [-0.1, -0.05) is 77.2 Å². The summed E-state index contributed by atoms with van der Waals surface area (Å²) in [7, 11) is -3.69. The van der Waals surface area contributed by atoms with Gasteiger partial charge < -0.3 is 24.1 Å². The minimum absolute atomic E-state index is 0.0297. The lowest BCUT2D eigenvalue weighted by atomic mass is 9.96. The smallest absolute Gasteiger partial charge is 0.356 e. The zero-order valence-corrected chi connectivity index (χ0v) is 27.0. The van der Waals surface area contributed by atoms with Crippen LogP contribution in [0.15, 0.2) is 24.8 Å². The molecule has 0 saturated heterocycles. The Morgan fingerprint density at radius 1 is 1.00 bits per heavy atom. The fourth-order valence-corrected chi connectivity index (χ4v) is 7.61. The van der Waals surface area contributed by atoms with Crippen molar-refractivity contribution in [2.75, 3.05) is 36.8 Å². The zero-order chi connectivity index (χ0) is 30.1. The molecule has 2 aromatic rings. The third kappa shape index (κ3) is 7.61. The number of aromatic nitrogens is 4. The van der Waals surface area contributed by atoms with Crippen molar-refractivity contribution in [1.29, 1.82) is 0 Å². The lowest BCUT2D eigenvalue weighted by Crippen LogP contribution is -2.27. The number of fused-ring (bicyclic) bond motifs is 1. The van der Waals surface area contributed by atoms with Crippen molar-refractivity contribution < 1.29 is 27.9 Å². The average molecular weight is 626 g/mol. The number of hydrogen-bond acceptors (Lipinski definition) is 12. The van der Waals surface area contributed by atoms with Crippen molar-refractivity contribution in [3.05, 3.63) is 24.8 Å². The Labute approximate surface area is 249 Å². The Balaban J connectivity index is 1.39. The highest BCUT2D eigenvalue weighted by molar-refractivity contribution is 8.14. The number of carbonyl (C=O) groups excluding carboxylic acids is 2. The highest BCUT2D eigenvalue weighted by Gasteiger charge is 2.58. The molecule has 2 aliphatic carbocycles. The summed E-state index contributed by atoms with van der Waals surface area (Å²) in [5, 5.41) is 0.0594. The Kier molecular flexibility index (Phi) is 9.77. The molecule has 226 valence electrons. The molecule has 41 heavy (non-hydrogen) atoms. The number of nitrogen functional groups attached to an aromatic ring is 1. The number of anilines is 1. The molecule has 2 atom stereocenters. The third-order valence-electron chi connectivity index (χ3n) is 6.98. The first kappa shape index (κ1) is 32.2. The van der Waals surface area contributed by atoms with Crippen molar-refractivity contribution >= 4 is 58.3 Å². The maximum absolute atomic E-state index is 13.8. The molecule has 0 aromatic carbocycles. The summed E-state index contributed by atoms with van der Waals surface area (Å²) < 4.78 is 33.5. The number of rotatable bonds is 12. The highest BCUT2D eigenvalue weighted by atomic mass is 32.2. The van der Waals surface area contributed by atoms with Gasteiger partial charge in [0.15, 0.2) is 21.7 Å². The van der Waals surface area contributed by atoms with E-state index in [9.17, 15) is 14.2 Å². The van der Waals surface area contributed by atoms with E-state index in [0.717, 1.165) is 36.4 Å². The molecule has 11 nitrogen and oxygen atoms in total. The van der Waals surface area contributed by atoms with Crippen LogP contribution in [-0.2, 0) is 27.9 Å². The van der Waals surface area contributed by atoms with Gasteiger partial charge in [-0.25, -0.2) is 15.0 Å². The van der Waals surface area contributed by atoms with E-state index in [2.05, 4.69) is 21.0 Å². The predicted molar refractivity (Wildman–Crippen MR) is 163 cm³/mol. The van der Waals surface area contributed by atoms with Crippen LogP contribution >= 0.6 is 31.1 Å². The molecule has 1 spiro atoms. The molecule has 2 heterocycles. The molecule has 2 aromatic heterocycles. The van der Waals surface area contributed by atoms with Gasteiger partial charge >= 0.3 is 7.60 Å². The number of nitrogens with two attached hydrogens (primary N) is 1. The number of allylic oxidation sites excluding steroid dienone is 1. The van der Waals surface area contributed by atoms with Crippen LogP contribution in [0.3, 0.4) is 0 Å². The Morgan fingerprint density at radius 3 is 2.12 bits per heavy atom. The quantitative estimate of drug-likeness (QED) is 0.181. The topological polar surface area (TPSA) is 149 Å². The first-order valence-corrected chi connectivity index (χ1v) is 17.3. The van der Waals surface area contributed by atoms with Gasteiger partial charge in [-0.05, 0) is 12.8 Å². The molecule has 14 heteroatoms. The van der Waals surface area contributed by atoms with Crippen LogP contribution in [0.2, 0.25) is 0 Å². The normalized spacial score (nSPS) is 20.2. The van der Waals surface area contributed by atoms with Crippen LogP contribution in [0.1, 0.15) is 60.4 Å². The lowest BCUT2D eigenvalue weighted by Gasteiger charge is -2.27. The van der Waals surface area contributed by atoms with Gasteiger partial charge in [0.1, 0.15) is 18.2 Å². The fourth-order valence-electron chi connectivity index (χ4n) is 4.49. The van der Waals surface area contributed by atoms with Crippen molar-refractivity contribution in [2.45, 2.75) is 66.5 Å². The molecule has 0 amide bonds. The van der Waals surface area contributed by atoms with Gasteiger partial charge in [0.2, 0.25) is 0 Å². The van der Waals surface area contributed by atoms with Crippen molar-refractivity contribution in [1.82, 2.24) is 19.5 Å². The van der Waals surface area contributed by atoms with Crippen LogP contribution in [-0.4, -0.2) is 66.9 Å². The van der Waals surface area contributed by atoms with E-state index in [-0.39, 0.29) is 47.4 Å². The second kappa shape index (κ2) is 12.5. The maximum Gasteiger partial charge on any atom is 0.356 e. The molecule has 0 bridgehead atoms. The van der Waals surface area contributed by atoms with E-state index in [0.29, 0.717) is 28.5 Å². The predicted octanol–water partition coefficient (Wildman–Crippen LogP) is 5.48. The van der Waals surface area contributed by atoms with Crippen molar-refractivity contribution in [3.8, 4) is 0 Å². The van der Waals surface area contributed by atoms with E-state index in [1.165, 1.54) is 6.33 Å². The summed E-state index contributed by atoms with van der Waals surface area (Å²) in [5.41, 5.74) is 6.01. The minimum Gasteiger partial charge on any atom is -0.382 e. The average Bonchev–Trinajstić information content (AvgIpc) is 3.44. The van der Waals surface area contributed by atoms with Gasteiger partial charge in [0, 0.05) is 27.8 Å². The summed E-state index contributed by atoms with van der Waals surface area (Å²) in [6.07, 6.45) is 8.47. The van der Waals surface area contributed by atoms with Crippen LogP contribution in [0.4, 0.5) is 5.82 Å². The second-order valence-corrected chi connectivity index (χ2v) is 16.5. The van der Waals surface area contributed by atoms with Crippen molar-refractivity contribution in [3.63, 3.8) is 0 Å². The maximum atomic E-state index is 13.8. The van der Waals surface area contributed by atoms with E-state index < -0.39 is 18.4 Å². The molecular formula is C27H40N5O6PS2. The number of thioether (sulfide) groups is 2. The van der Waals surface area contributed by atoms with Gasteiger partial charge in [-0.2, -0.15) is 0 Å². The van der Waals surface area contributed by atoms with E-state index in [1.807, 2.05) is 52.2 Å². The summed E-state index contributed by atoms with van der Waals surface area (Å²) >= 11 is 2.29. The molecule has 2 aliphatic rings. The monoisotopic (exact) mass is 625 g/mol. The molecule has 0 radical (unpaired) electrons. The van der Waals surface area contributed by atoms with E-state index >= 15 is 0 Å². The largest absolute Gasteiger partial charge is 0.382 e. The zero-order valence-electron chi connectivity index (χ0n) is 24.5. The standard InChI is InChI=1S/C27H40N5O6PS2/c1-25(2,3)23(33)40-13-11-37-39(35,38-12-14-41-24(34)26(4,5)6)17-36-19-8-7-18(27(19)9-10-27)32-16-31-20-21(28)29-15-30-22(20)32/h7-8,15-16,18-19H,9-14,17H2,1-6H3,(H2,28,29,30)/t18-,19+/m0/s1. The van der Waals surface area contributed by atoms with Crippen molar-refractivity contribution in [2.24, 2.45) is 16.2 Å². The number of imidazole rings is 1. The van der Waals surface area contributed by atoms with Gasteiger partial charge in [-0.3, -0.25) is 14.2 Å². The second-order valence-electron chi connectivity index (χ2n) is 12.4. The lowest BCUT2D eigenvalue weighted by molar-refractivity contribution is -0.118.